The molecule has 3 rings (SSSR count). The Morgan fingerprint density at radius 3 is 1.83 bits per heavy atom. The average Bonchev–Trinajstić information content (AvgIpc) is 3.23. The summed E-state index contributed by atoms with van der Waals surface area (Å²) in [6, 6.07) is 11.9. The number of halogens is 4. The number of nitrogens with two attached hydrogens (primary N) is 2. The molecule has 0 spiro atoms. The molecular formula is C43H49I4N8O13S-3. The van der Waals surface area contributed by atoms with Crippen molar-refractivity contribution in [1.82, 2.24) is 25.3 Å². The summed E-state index contributed by atoms with van der Waals surface area (Å²) in [7, 11) is 0. The first kappa shape index (κ1) is 59.3. The van der Waals surface area contributed by atoms with Gasteiger partial charge in [0.25, 0.3) is 0 Å². The smallest absolute Gasteiger partial charge is 0.326 e. The maximum atomic E-state index is 12.8. The van der Waals surface area contributed by atoms with E-state index in [1.807, 2.05) is 57.3 Å². The number of benzene rings is 3. The van der Waals surface area contributed by atoms with E-state index in [1.165, 1.54) is 9.80 Å². The number of unbranched alkanes of at least 4 members (excludes halogenated alkanes) is 2. The Balaban J connectivity index is 1.52. The number of hydrogen-bond donors (Lipinski definition) is 7. The molecule has 0 saturated carbocycles. The fraction of sp³-hybridized carbons (Fsp3) is 0.395. The van der Waals surface area contributed by atoms with Crippen molar-refractivity contribution in [2.75, 3.05) is 64.2 Å². The highest BCUT2D eigenvalue weighted by Gasteiger charge is 2.26. The van der Waals surface area contributed by atoms with E-state index < -0.39 is 86.4 Å². The standard InChI is InChI=1S/C43H52I4N8O13S/c44-29-16-28(17-30(45)40(29)65)68-41-31(46)13-25(14-32(41)47)15-33(42(66)67)52-36(58)4-2-1-3-9-50-43(69)51-26-7-5-24(6-8-26)12-27(55(20-35(49)57)23-39(63)64)18-53(21-37(59)60)10-11-54(19-34(48)56)22-38(61)62/h5-8,13-14,16-17,27,33,65H,1-4,9-12,15,18-23H2,(H2,48,56)(H2,49,57)(H,52,58)(H,59,60)(H,61,62)(H,63,64)(H,66,67)(H2,50,51,69)/p-3. The van der Waals surface area contributed by atoms with Gasteiger partial charge in [-0.15, -0.1) is 0 Å². The number of carbonyl (C=O) groups is 7. The minimum Gasteiger partial charge on any atom is -0.549 e. The van der Waals surface area contributed by atoms with Gasteiger partial charge in [0.2, 0.25) is 17.7 Å². The van der Waals surface area contributed by atoms with E-state index in [4.69, 9.17) is 28.4 Å². The topological polar surface area (TPSA) is 336 Å². The van der Waals surface area contributed by atoms with Crippen LogP contribution in [0.25, 0.3) is 0 Å². The van der Waals surface area contributed by atoms with Crippen LogP contribution >= 0.6 is 103 Å². The number of nitrogens with zero attached hydrogens (tertiary/aromatic N) is 3. The third-order valence-electron chi connectivity index (χ3n) is 9.88. The maximum absolute atomic E-state index is 12.8. The van der Waals surface area contributed by atoms with Gasteiger partial charge in [-0.1, -0.05) is 18.6 Å². The van der Waals surface area contributed by atoms with Gasteiger partial charge in [0.1, 0.15) is 17.5 Å². The number of aliphatic carboxylic acids is 4. The summed E-state index contributed by atoms with van der Waals surface area (Å²) in [5.74, 6) is -6.43. The molecule has 3 aromatic carbocycles. The quantitative estimate of drug-likeness (QED) is 0.0238. The maximum Gasteiger partial charge on any atom is 0.326 e. The number of anilines is 1. The Hall–Kier alpha value is -3.96. The zero-order chi connectivity index (χ0) is 51.4. The highest BCUT2D eigenvalue weighted by Crippen LogP contribution is 2.37. The second-order valence-electron chi connectivity index (χ2n) is 15.5. The highest BCUT2D eigenvalue weighted by molar-refractivity contribution is 14.1. The van der Waals surface area contributed by atoms with Gasteiger partial charge in [-0.25, -0.2) is 4.79 Å². The Labute approximate surface area is 457 Å². The number of nitrogens with one attached hydrogen (secondary N) is 3. The highest BCUT2D eigenvalue weighted by atomic mass is 127. The van der Waals surface area contributed by atoms with Gasteiger partial charge in [-0.05, 0) is 169 Å². The summed E-state index contributed by atoms with van der Waals surface area (Å²) in [5, 5.41) is 63.7. The van der Waals surface area contributed by atoms with Crippen LogP contribution < -0.4 is 47.5 Å². The molecule has 0 aliphatic carbocycles. The minimum absolute atomic E-state index is 0.0594. The number of carboxylic acid groups (broad SMARTS) is 4. The third kappa shape index (κ3) is 22.8. The van der Waals surface area contributed by atoms with Crippen LogP contribution in [0.5, 0.6) is 17.2 Å². The number of ether oxygens (including phenoxy) is 1. The number of primary amides is 2. The first-order chi connectivity index (χ1) is 32.5. The summed E-state index contributed by atoms with van der Waals surface area (Å²) >= 11 is 13.7. The number of carbonyl (C=O) groups excluding carboxylic acids is 6. The van der Waals surface area contributed by atoms with E-state index in [0.29, 0.717) is 66.4 Å². The molecular weight excluding hydrogens is 1380 g/mol. The van der Waals surface area contributed by atoms with Crippen LogP contribution in [-0.4, -0.2) is 143 Å². The lowest BCUT2D eigenvalue weighted by Crippen LogP contribution is -2.54. The summed E-state index contributed by atoms with van der Waals surface area (Å²) in [6.45, 7) is -2.94. The number of amides is 3. The van der Waals surface area contributed by atoms with E-state index >= 15 is 0 Å². The molecule has 3 aromatic rings. The number of aromatic hydroxyl groups is 1. The largest absolute Gasteiger partial charge is 0.549 e. The van der Waals surface area contributed by atoms with Crippen molar-refractivity contribution in [3.05, 3.63) is 73.9 Å². The van der Waals surface area contributed by atoms with Gasteiger partial charge in [0.15, 0.2) is 10.9 Å². The van der Waals surface area contributed by atoms with Gasteiger partial charge in [-0.2, -0.15) is 0 Å². The number of hydrogen-bond acceptors (Lipinski definition) is 16. The molecule has 3 amide bonds. The predicted molar refractivity (Wildman–Crippen MR) is 283 cm³/mol. The van der Waals surface area contributed by atoms with Crippen molar-refractivity contribution >= 4 is 155 Å². The van der Waals surface area contributed by atoms with Crippen LogP contribution in [0.2, 0.25) is 0 Å². The molecule has 376 valence electrons. The van der Waals surface area contributed by atoms with Crippen molar-refractivity contribution < 1.29 is 63.8 Å². The van der Waals surface area contributed by atoms with Crippen LogP contribution in [0.3, 0.4) is 0 Å². The molecule has 0 aliphatic rings. The monoisotopic (exact) mass is 1420 g/mol. The van der Waals surface area contributed by atoms with Crippen LogP contribution in [0.15, 0.2) is 48.5 Å². The van der Waals surface area contributed by atoms with Crippen molar-refractivity contribution in [3.8, 4) is 17.2 Å². The van der Waals surface area contributed by atoms with Crippen molar-refractivity contribution in [2.24, 2.45) is 11.5 Å². The molecule has 0 aromatic heterocycles. The molecule has 9 N–H and O–H groups in total. The predicted octanol–water partition coefficient (Wildman–Crippen LogP) is -0.701. The number of phenolic OH excluding ortho intramolecular Hbond substituents is 1. The minimum atomic E-state index is -1.52. The molecule has 69 heavy (non-hydrogen) atoms. The van der Waals surface area contributed by atoms with E-state index in [1.54, 1.807) is 36.4 Å². The number of phenols is 1. The zero-order valence-corrected chi connectivity index (χ0v) is 46.1. The Morgan fingerprint density at radius 2 is 1.28 bits per heavy atom. The SMILES string of the molecule is NC(=O)CN(CCN(CC(=O)[O-])CC(Cc1ccc(NC(=S)NCCCCCC(=O)NC(Cc2cc(I)c(Oc3cc(I)c(O)c(I)c3)c(I)c2)C(=O)O)cc1)N(CC(N)=O)CC(=O)[O-])CC(=O)[O-]. The van der Waals surface area contributed by atoms with Crippen LogP contribution in [-0.2, 0) is 46.4 Å². The summed E-state index contributed by atoms with van der Waals surface area (Å²) in [5.41, 5.74) is 12.6. The lowest BCUT2D eigenvalue weighted by molar-refractivity contribution is -0.308. The van der Waals surface area contributed by atoms with Crippen LogP contribution in [0.1, 0.15) is 36.8 Å². The molecule has 0 saturated heterocycles. The molecule has 26 heteroatoms. The molecule has 2 unspecified atom stereocenters. The van der Waals surface area contributed by atoms with E-state index in [2.05, 4.69) is 61.1 Å². The summed E-state index contributed by atoms with van der Waals surface area (Å²) in [6.07, 6.45) is 2.06. The van der Waals surface area contributed by atoms with Gasteiger partial charge < -0.3 is 72.1 Å². The first-order valence-corrected chi connectivity index (χ1v) is 25.6. The summed E-state index contributed by atoms with van der Waals surface area (Å²) in [4.78, 5) is 86.8. The van der Waals surface area contributed by atoms with Gasteiger partial charge >= 0.3 is 5.97 Å². The fourth-order valence-electron chi connectivity index (χ4n) is 6.81. The molecule has 2 atom stereocenters. The van der Waals surface area contributed by atoms with Crippen LogP contribution in [0.4, 0.5) is 5.69 Å². The van der Waals surface area contributed by atoms with Crippen LogP contribution in [0, 0.1) is 14.3 Å². The van der Waals surface area contributed by atoms with Crippen molar-refractivity contribution in [2.45, 2.75) is 50.6 Å². The molecule has 0 bridgehead atoms. The number of rotatable bonds is 31. The molecule has 0 heterocycles. The average molecular weight is 1430 g/mol. The van der Waals surface area contributed by atoms with Gasteiger partial charge in [0, 0.05) is 70.4 Å². The zero-order valence-electron chi connectivity index (χ0n) is 36.7. The Morgan fingerprint density at radius 1 is 0.710 bits per heavy atom. The lowest BCUT2D eigenvalue weighted by Gasteiger charge is -2.36. The normalized spacial score (nSPS) is 12.0. The van der Waals surface area contributed by atoms with E-state index in [-0.39, 0.29) is 44.6 Å². The van der Waals surface area contributed by atoms with Gasteiger partial charge in [-0.3, -0.25) is 29.1 Å². The summed E-state index contributed by atoms with van der Waals surface area (Å²) < 4.78 is 8.89. The third-order valence-corrected chi connectivity index (χ3v) is 13.4. The van der Waals surface area contributed by atoms with Gasteiger partial charge in [0.05, 0.1) is 45.3 Å². The lowest BCUT2D eigenvalue weighted by atomic mass is 10.0. The second-order valence-corrected chi connectivity index (χ2v) is 20.6. The van der Waals surface area contributed by atoms with E-state index in [9.17, 15) is 59.1 Å². The second kappa shape index (κ2) is 30.0. The molecule has 0 aliphatic heterocycles. The van der Waals surface area contributed by atoms with Crippen molar-refractivity contribution in [1.29, 1.82) is 0 Å². The fourth-order valence-corrected chi connectivity index (χ4v) is 10.9. The Kier molecular flexibility index (Phi) is 25.8. The number of thiocarbonyl (C=S) groups is 1. The number of carboxylic acids is 4. The first-order valence-electron chi connectivity index (χ1n) is 20.8. The van der Waals surface area contributed by atoms with E-state index in [0.717, 1.165) is 12.0 Å². The Bertz CT molecular complexity index is 2250. The molecule has 21 nitrogen and oxygen atoms in total. The van der Waals surface area contributed by atoms with Crippen molar-refractivity contribution in [3.63, 3.8) is 0 Å². The molecule has 0 fully saturated rings. The molecule has 0 radical (unpaired) electrons.